The van der Waals surface area contributed by atoms with Crippen molar-refractivity contribution in [1.82, 2.24) is 9.97 Å². The van der Waals surface area contributed by atoms with Gasteiger partial charge < -0.3 is 16.5 Å². The third kappa shape index (κ3) is 4.82. The lowest BCUT2D eigenvalue weighted by Gasteiger charge is -1.85. The quantitative estimate of drug-likeness (QED) is 0.153. The van der Waals surface area contributed by atoms with Crippen molar-refractivity contribution in [2.75, 3.05) is 0 Å². The molecule has 7 N–H and O–H groups in total. The molecule has 1 rings (SSSR count). The summed E-state index contributed by atoms with van der Waals surface area (Å²) in [5, 5.41) is 16.1. The third-order valence-electron chi connectivity index (χ3n) is 0.996. The number of hydrogen-bond acceptors (Lipinski definition) is 5. The van der Waals surface area contributed by atoms with E-state index in [-0.39, 0.29) is 5.96 Å². The molecule has 0 fully saturated rings. The molecule has 0 unspecified atom stereocenters. The van der Waals surface area contributed by atoms with E-state index in [1.54, 1.807) is 4.98 Å². The summed E-state index contributed by atoms with van der Waals surface area (Å²) >= 11 is 0. The first-order valence-corrected chi connectivity index (χ1v) is 3.40. The Kier molecular flexibility index (Phi) is 4.25. The van der Waals surface area contributed by atoms with Gasteiger partial charge in [0.15, 0.2) is 5.96 Å². The van der Waals surface area contributed by atoms with E-state index in [4.69, 9.17) is 5.41 Å². The predicted octanol–water partition coefficient (Wildman–Crippen LogP) is -2.19. The Balaban J connectivity index is 0.000000423. The summed E-state index contributed by atoms with van der Waals surface area (Å²) in [6, 6.07) is 0. The van der Waals surface area contributed by atoms with Gasteiger partial charge in [-0.25, -0.2) is 4.79 Å². The number of rotatable bonds is 1. The van der Waals surface area contributed by atoms with Crippen molar-refractivity contribution >= 4 is 11.6 Å². The van der Waals surface area contributed by atoms with Crippen LogP contribution < -0.4 is 22.7 Å². The van der Waals surface area contributed by atoms with Crippen LogP contribution in [-0.2, 0) is 0 Å². The highest BCUT2D eigenvalue weighted by atomic mass is 16.6. The predicted molar refractivity (Wildman–Crippen MR) is 50.4 cm³/mol. The van der Waals surface area contributed by atoms with Crippen LogP contribution in [-0.4, -0.2) is 20.9 Å². The zero-order valence-electron chi connectivity index (χ0n) is 7.31. The van der Waals surface area contributed by atoms with E-state index >= 15 is 0 Å². The van der Waals surface area contributed by atoms with Crippen molar-refractivity contribution < 1.29 is 4.92 Å². The number of nitrogens with one attached hydrogen (secondary N) is 3. The van der Waals surface area contributed by atoms with Crippen LogP contribution >= 0.6 is 0 Å². The molecule has 10 nitrogen and oxygen atoms in total. The first-order valence-electron chi connectivity index (χ1n) is 3.40. The third-order valence-corrected chi connectivity index (χ3v) is 0.996. The van der Waals surface area contributed by atoms with Gasteiger partial charge in [-0.1, -0.05) is 0 Å². The fourth-order valence-electron chi connectivity index (χ4n) is 0.538. The molecule has 0 spiro atoms. The van der Waals surface area contributed by atoms with Gasteiger partial charge in [0.1, 0.15) is 0 Å². The van der Waals surface area contributed by atoms with Crippen LogP contribution in [0.4, 0.5) is 5.69 Å². The number of aromatic nitrogens is 2. The molecule has 0 atom stereocenters. The Labute approximate surface area is 81.6 Å². The van der Waals surface area contributed by atoms with Crippen LogP contribution in [0.25, 0.3) is 0 Å². The molecule has 0 aliphatic carbocycles. The Hall–Kier alpha value is -2.65. The summed E-state index contributed by atoms with van der Waals surface area (Å²) in [6.45, 7) is 0. The molecule has 0 saturated carbocycles. The van der Waals surface area contributed by atoms with Gasteiger partial charge in [-0.2, -0.15) is 0 Å². The summed E-state index contributed by atoms with van der Waals surface area (Å²) < 4.78 is 0. The molecular weight excluding hydrogens is 208 g/mol. The number of H-pyrrole nitrogens is 2. The Morgan fingerprint density at radius 3 is 2.27 bits per heavy atom. The van der Waals surface area contributed by atoms with Crippen LogP contribution in [0.3, 0.4) is 0 Å². The maximum absolute atomic E-state index is 10.6. The first kappa shape index (κ1) is 12.3. The number of aromatic amines is 2. The van der Waals surface area contributed by atoms with E-state index in [2.05, 4.69) is 11.5 Å². The van der Waals surface area contributed by atoms with Gasteiger partial charge >= 0.3 is 16.9 Å². The molecule has 0 saturated heterocycles. The lowest BCUT2D eigenvalue weighted by atomic mass is 10.5. The number of guanidine groups is 1. The van der Waals surface area contributed by atoms with E-state index in [9.17, 15) is 19.7 Å². The summed E-state index contributed by atoms with van der Waals surface area (Å²) in [7, 11) is 0. The molecule has 0 amide bonds. The Morgan fingerprint density at radius 2 is 1.93 bits per heavy atom. The van der Waals surface area contributed by atoms with Crippen LogP contribution in [0.2, 0.25) is 0 Å². The van der Waals surface area contributed by atoms with Crippen LogP contribution in [0, 0.1) is 15.5 Å². The fourth-order valence-corrected chi connectivity index (χ4v) is 0.538. The maximum atomic E-state index is 10.6. The number of hydrogen-bond donors (Lipinski definition) is 5. The molecule has 0 radical (unpaired) electrons. The molecule has 1 heterocycles. The van der Waals surface area contributed by atoms with Crippen molar-refractivity contribution in [3.8, 4) is 0 Å². The van der Waals surface area contributed by atoms with Crippen molar-refractivity contribution in [3.05, 3.63) is 37.1 Å². The summed E-state index contributed by atoms with van der Waals surface area (Å²) in [4.78, 5) is 33.7. The molecule has 1 aromatic heterocycles. The monoisotopic (exact) mass is 216 g/mol. The maximum Gasteiger partial charge on any atom is 0.349 e. The van der Waals surface area contributed by atoms with E-state index in [1.165, 1.54) is 0 Å². The van der Waals surface area contributed by atoms with Gasteiger partial charge in [0.2, 0.25) is 0 Å². The molecular formula is C5H8N6O4. The van der Waals surface area contributed by atoms with Crippen molar-refractivity contribution in [3.63, 3.8) is 0 Å². The second-order valence-corrected chi connectivity index (χ2v) is 2.17. The Morgan fingerprint density at radius 1 is 1.47 bits per heavy atom. The molecule has 0 aromatic carbocycles. The number of nitro groups is 1. The molecule has 0 bridgehead atoms. The molecule has 0 aliphatic heterocycles. The molecule has 0 aliphatic rings. The second kappa shape index (κ2) is 5.16. The van der Waals surface area contributed by atoms with Gasteiger partial charge in [-0.15, -0.1) is 0 Å². The van der Waals surface area contributed by atoms with Crippen molar-refractivity contribution in [2.24, 2.45) is 11.5 Å². The largest absolute Gasteiger partial charge is 0.370 e. The zero-order chi connectivity index (χ0) is 12.0. The molecule has 10 heteroatoms. The average Bonchev–Trinajstić information content (AvgIpc) is 2.01. The minimum Gasteiger partial charge on any atom is -0.370 e. The number of nitrogens with two attached hydrogens (primary N) is 2. The van der Waals surface area contributed by atoms with Crippen LogP contribution in [0.5, 0.6) is 0 Å². The minimum atomic E-state index is -1.00. The summed E-state index contributed by atoms with van der Waals surface area (Å²) in [6.07, 6.45) is 0.751. The SMILES string of the molecule is N=C(N)N.O=c1[nH]cc([N+](=O)[O-])c(=O)[nH]1. The van der Waals surface area contributed by atoms with Gasteiger partial charge in [-0.05, 0) is 0 Å². The standard InChI is InChI=1S/C4H3N3O4.CH5N3/c8-3-2(7(10)11)1-5-4(9)6-3;2-1(3)4/h1H,(H2,5,6,8,9);(H5,2,3,4). The summed E-state index contributed by atoms with van der Waals surface area (Å²) in [5.41, 5.74) is 6.50. The second-order valence-electron chi connectivity index (χ2n) is 2.17. The summed E-state index contributed by atoms with van der Waals surface area (Å²) in [5.74, 6) is -0.333. The lowest BCUT2D eigenvalue weighted by Crippen LogP contribution is -2.23. The van der Waals surface area contributed by atoms with Crippen molar-refractivity contribution in [2.45, 2.75) is 0 Å². The van der Waals surface area contributed by atoms with Crippen molar-refractivity contribution in [1.29, 1.82) is 5.41 Å². The minimum absolute atomic E-state index is 0.333. The van der Waals surface area contributed by atoms with E-state index in [0.717, 1.165) is 6.20 Å². The van der Waals surface area contributed by atoms with Gasteiger partial charge in [0, 0.05) is 0 Å². The first-order chi connectivity index (χ1) is 6.84. The molecule has 15 heavy (non-hydrogen) atoms. The van der Waals surface area contributed by atoms with Crippen LogP contribution in [0.1, 0.15) is 0 Å². The lowest BCUT2D eigenvalue weighted by molar-refractivity contribution is -0.386. The fraction of sp³-hybridized carbons (Fsp3) is 0. The van der Waals surface area contributed by atoms with Gasteiger partial charge in [0.05, 0.1) is 11.1 Å². The zero-order valence-corrected chi connectivity index (χ0v) is 7.31. The van der Waals surface area contributed by atoms with E-state index in [1.807, 2.05) is 4.98 Å². The highest BCUT2D eigenvalue weighted by Crippen LogP contribution is 1.94. The Bertz CT molecular complexity index is 469. The number of nitrogens with zero attached hydrogens (tertiary/aromatic N) is 1. The van der Waals surface area contributed by atoms with Gasteiger partial charge in [-0.3, -0.25) is 25.3 Å². The smallest absolute Gasteiger partial charge is 0.349 e. The van der Waals surface area contributed by atoms with Gasteiger partial charge in [0.25, 0.3) is 0 Å². The highest BCUT2D eigenvalue weighted by Gasteiger charge is 2.10. The highest BCUT2D eigenvalue weighted by molar-refractivity contribution is 5.71. The van der Waals surface area contributed by atoms with E-state index in [0.29, 0.717) is 0 Å². The topological polar surface area (TPSA) is 185 Å². The molecule has 1 aromatic rings. The van der Waals surface area contributed by atoms with Crippen LogP contribution in [0.15, 0.2) is 15.8 Å². The normalized spacial score (nSPS) is 8.53. The average molecular weight is 216 g/mol. The van der Waals surface area contributed by atoms with E-state index < -0.39 is 21.9 Å². The molecule has 82 valence electrons.